The number of fused-ring (bicyclic) bond motifs is 13. The summed E-state index contributed by atoms with van der Waals surface area (Å²) in [4.78, 5) is 5.30. The standard InChI is InChI=1S/C63H38N2S/c1-3-14-40(15-4-1)58-35-47(36-59(64-58)41-16-5-2-6-17-41)65-60-29-26-45(43-24-23-39-13-7-8-18-42(39)31-43)33-55(60)56-37-53-52-32-44(46-27-30-63-57(34-46)51-21-11-12-22-62(51)66-63)25-28-50(52)48-19-9-10-20-49(48)54(53)38-61(56)65/h1-38H. The van der Waals surface area contributed by atoms with E-state index in [1.54, 1.807) is 0 Å². The predicted molar refractivity (Wildman–Crippen MR) is 283 cm³/mol. The van der Waals surface area contributed by atoms with E-state index >= 15 is 0 Å². The van der Waals surface area contributed by atoms with Crippen LogP contribution in [0.2, 0.25) is 0 Å². The Morgan fingerprint density at radius 3 is 1.53 bits per heavy atom. The predicted octanol–water partition coefficient (Wildman–Crippen LogP) is 17.8. The molecule has 3 heteroatoms. The highest BCUT2D eigenvalue weighted by Gasteiger charge is 2.20. The molecule has 14 aromatic rings. The zero-order valence-corrected chi connectivity index (χ0v) is 36.6. The summed E-state index contributed by atoms with van der Waals surface area (Å²) in [5.74, 6) is 0. The molecule has 14 rings (SSSR count). The van der Waals surface area contributed by atoms with E-state index in [0.29, 0.717) is 0 Å². The van der Waals surface area contributed by atoms with Crippen LogP contribution in [-0.2, 0) is 0 Å². The Balaban J connectivity index is 1.07. The molecule has 0 saturated carbocycles. The minimum absolute atomic E-state index is 0.938. The number of hydrogen-bond donors (Lipinski definition) is 0. The summed E-state index contributed by atoms with van der Waals surface area (Å²) in [6.07, 6.45) is 0. The number of aromatic nitrogens is 2. The minimum Gasteiger partial charge on any atom is -0.309 e. The van der Waals surface area contributed by atoms with Gasteiger partial charge in [0.15, 0.2) is 0 Å². The van der Waals surface area contributed by atoms with Crippen molar-refractivity contribution in [1.29, 1.82) is 0 Å². The molecule has 0 spiro atoms. The third kappa shape index (κ3) is 5.84. The Kier molecular flexibility index (Phi) is 8.19. The van der Waals surface area contributed by atoms with Gasteiger partial charge in [-0.15, -0.1) is 11.3 Å². The summed E-state index contributed by atoms with van der Waals surface area (Å²) in [5, 5.41) is 15.1. The van der Waals surface area contributed by atoms with Crippen molar-refractivity contribution in [3.63, 3.8) is 0 Å². The molecule has 3 heterocycles. The number of thiophene rings is 1. The molecule has 3 aromatic heterocycles. The number of hydrogen-bond acceptors (Lipinski definition) is 2. The molecule has 0 bridgehead atoms. The third-order valence-corrected chi connectivity index (χ3v) is 14.9. The number of benzene rings is 11. The molecule has 0 amide bonds. The average Bonchev–Trinajstić information content (AvgIpc) is 3.93. The van der Waals surface area contributed by atoms with Crippen molar-refractivity contribution >= 4 is 96.4 Å². The van der Waals surface area contributed by atoms with Gasteiger partial charge in [-0.3, -0.25) is 0 Å². The van der Waals surface area contributed by atoms with Gasteiger partial charge >= 0.3 is 0 Å². The number of nitrogens with zero attached hydrogens (tertiary/aromatic N) is 2. The minimum atomic E-state index is 0.938. The Morgan fingerprint density at radius 2 is 0.773 bits per heavy atom. The van der Waals surface area contributed by atoms with Gasteiger partial charge in [0.1, 0.15) is 0 Å². The van der Waals surface area contributed by atoms with Gasteiger partial charge in [0.05, 0.1) is 28.1 Å². The fourth-order valence-electron chi connectivity index (χ4n) is 10.5. The van der Waals surface area contributed by atoms with E-state index in [9.17, 15) is 0 Å². The van der Waals surface area contributed by atoms with E-state index in [1.807, 2.05) is 11.3 Å². The first-order valence-electron chi connectivity index (χ1n) is 22.6. The lowest BCUT2D eigenvalue weighted by molar-refractivity contribution is 1.16. The fraction of sp³-hybridized carbons (Fsp3) is 0. The van der Waals surface area contributed by atoms with E-state index in [-0.39, 0.29) is 0 Å². The number of pyridine rings is 1. The molecule has 0 unspecified atom stereocenters. The van der Waals surface area contributed by atoms with Crippen LogP contribution in [0.4, 0.5) is 0 Å². The maximum absolute atomic E-state index is 5.30. The lowest BCUT2D eigenvalue weighted by Gasteiger charge is -2.15. The molecule has 66 heavy (non-hydrogen) atoms. The highest BCUT2D eigenvalue weighted by Crippen LogP contribution is 2.44. The second-order valence-electron chi connectivity index (χ2n) is 17.5. The van der Waals surface area contributed by atoms with Crippen molar-refractivity contribution in [3.05, 3.63) is 231 Å². The van der Waals surface area contributed by atoms with E-state index in [4.69, 9.17) is 4.98 Å². The van der Waals surface area contributed by atoms with Gasteiger partial charge in [0, 0.05) is 42.1 Å². The van der Waals surface area contributed by atoms with Crippen LogP contribution in [0.3, 0.4) is 0 Å². The largest absolute Gasteiger partial charge is 0.309 e. The SMILES string of the molecule is c1ccc(-c2cc(-n3c4ccc(-c5ccc6ccccc6c5)cc4c4cc5c6cc(-c7ccc8sc9ccccc9c8c7)ccc6c6ccccc6c5cc43)cc(-c3ccccc3)n2)cc1. The van der Waals surface area contributed by atoms with Crippen LogP contribution in [0.15, 0.2) is 231 Å². The van der Waals surface area contributed by atoms with Gasteiger partial charge in [0.2, 0.25) is 0 Å². The Bertz CT molecular complexity index is 4220. The van der Waals surface area contributed by atoms with Crippen molar-refractivity contribution in [2.75, 3.05) is 0 Å². The molecule has 0 aliphatic heterocycles. The molecule has 0 fully saturated rings. The van der Waals surface area contributed by atoms with Crippen LogP contribution in [0.5, 0.6) is 0 Å². The molecule has 0 aliphatic rings. The molecule has 0 atom stereocenters. The molecule has 0 N–H and O–H groups in total. The molecule has 0 saturated heterocycles. The molecule has 306 valence electrons. The lowest BCUT2D eigenvalue weighted by Crippen LogP contribution is -1.98. The van der Waals surface area contributed by atoms with Crippen LogP contribution >= 0.6 is 11.3 Å². The highest BCUT2D eigenvalue weighted by atomic mass is 32.1. The second kappa shape index (κ2) is 14.6. The fourth-order valence-corrected chi connectivity index (χ4v) is 11.6. The smallest absolute Gasteiger partial charge is 0.0730 e. The van der Waals surface area contributed by atoms with Crippen molar-refractivity contribution in [2.45, 2.75) is 0 Å². The van der Waals surface area contributed by atoms with Crippen molar-refractivity contribution in [1.82, 2.24) is 9.55 Å². The Labute approximate surface area is 384 Å². The van der Waals surface area contributed by atoms with E-state index in [0.717, 1.165) is 39.2 Å². The monoisotopic (exact) mass is 854 g/mol. The number of rotatable bonds is 5. The second-order valence-corrected chi connectivity index (χ2v) is 18.6. The molecular formula is C63H38N2S. The first-order valence-corrected chi connectivity index (χ1v) is 23.4. The normalized spacial score (nSPS) is 11.9. The third-order valence-electron chi connectivity index (χ3n) is 13.7. The van der Waals surface area contributed by atoms with Crippen LogP contribution < -0.4 is 0 Å². The summed E-state index contributed by atoms with van der Waals surface area (Å²) >= 11 is 1.87. The maximum Gasteiger partial charge on any atom is 0.0730 e. The van der Waals surface area contributed by atoms with Gasteiger partial charge in [0.25, 0.3) is 0 Å². The first kappa shape index (κ1) is 37.0. The maximum atomic E-state index is 5.30. The van der Waals surface area contributed by atoms with Crippen LogP contribution in [0.25, 0.3) is 136 Å². The van der Waals surface area contributed by atoms with Crippen LogP contribution in [0.1, 0.15) is 0 Å². The summed E-state index contributed by atoms with van der Waals surface area (Å²) < 4.78 is 5.12. The quantitative estimate of drug-likeness (QED) is 0.158. The van der Waals surface area contributed by atoms with E-state index in [2.05, 4.69) is 235 Å². The Morgan fingerprint density at radius 1 is 0.273 bits per heavy atom. The zero-order chi connectivity index (χ0) is 43.3. The highest BCUT2D eigenvalue weighted by molar-refractivity contribution is 7.25. The molecule has 11 aromatic carbocycles. The van der Waals surface area contributed by atoms with Gasteiger partial charge in [-0.25, -0.2) is 4.98 Å². The summed E-state index contributed by atoms with van der Waals surface area (Å²) in [7, 11) is 0. The summed E-state index contributed by atoms with van der Waals surface area (Å²) in [5.41, 5.74) is 12.3. The van der Waals surface area contributed by atoms with Gasteiger partial charge < -0.3 is 4.57 Å². The molecular weight excluding hydrogens is 817 g/mol. The van der Waals surface area contributed by atoms with Crippen molar-refractivity contribution in [3.8, 4) is 50.5 Å². The van der Waals surface area contributed by atoms with Crippen molar-refractivity contribution in [2.24, 2.45) is 0 Å². The van der Waals surface area contributed by atoms with Crippen LogP contribution in [0, 0.1) is 0 Å². The summed E-state index contributed by atoms with van der Waals surface area (Å²) in [6.45, 7) is 0. The lowest BCUT2D eigenvalue weighted by atomic mass is 9.91. The van der Waals surface area contributed by atoms with E-state index < -0.39 is 0 Å². The van der Waals surface area contributed by atoms with Crippen molar-refractivity contribution < 1.29 is 0 Å². The van der Waals surface area contributed by atoms with Crippen LogP contribution in [-0.4, -0.2) is 9.55 Å². The van der Waals surface area contributed by atoms with E-state index in [1.165, 1.54) is 96.3 Å². The molecule has 0 radical (unpaired) electrons. The van der Waals surface area contributed by atoms with Gasteiger partial charge in [-0.2, -0.15) is 0 Å². The van der Waals surface area contributed by atoms with Gasteiger partial charge in [-0.1, -0.05) is 164 Å². The average molecular weight is 855 g/mol. The summed E-state index contributed by atoms with van der Waals surface area (Å²) in [6, 6.07) is 84.9. The molecule has 0 aliphatic carbocycles. The topological polar surface area (TPSA) is 17.8 Å². The zero-order valence-electron chi connectivity index (χ0n) is 35.7. The van der Waals surface area contributed by atoms with Gasteiger partial charge in [-0.05, 0) is 132 Å². The Hall–Kier alpha value is -8.37. The first-order chi connectivity index (χ1) is 32.7. The molecule has 2 nitrogen and oxygen atoms in total.